The van der Waals surface area contributed by atoms with E-state index in [4.69, 9.17) is 10.4 Å². The SMILES string of the molecule is CC(C)N(CC#N)S(N)(=O)=O. The molecule has 0 fully saturated rings. The van der Waals surface area contributed by atoms with Crippen molar-refractivity contribution in [2.24, 2.45) is 5.14 Å². The first-order chi connectivity index (χ1) is 4.89. The van der Waals surface area contributed by atoms with E-state index in [0.717, 1.165) is 4.31 Å². The predicted octanol–water partition coefficient (Wildman–Crippen LogP) is -0.576. The van der Waals surface area contributed by atoms with Gasteiger partial charge in [0.25, 0.3) is 10.2 Å². The van der Waals surface area contributed by atoms with Gasteiger partial charge in [-0.3, -0.25) is 0 Å². The molecule has 0 heterocycles. The Balaban J connectivity index is 4.52. The number of nitriles is 1. The van der Waals surface area contributed by atoms with Gasteiger partial charge in [0.15, 0.2) is 0 Å². The Morgan fingerprint density at radius 1 is 1.64 bits per heavy atom. The van der Waals surface area contributed by atoms with Gasteiger partial charge in [0.1, 0.15) is 6.54 Å². The summed E-state index contributed by atoms with van der Waals surface area (Å²) in [7, 11) is -3.72. The molecule has 0 amide bonds. The molecular weight excluding hydrogens is 166 g/mol. The fourth-order valence-corrected chi connectivity index (χ4v) is 1.46. The molecule has 0 aliphatic rings. The van der Waals surface area contributed by atoms with Gasteiger partial charge in [-0.05, 0) is 13.8 Å². The van der Waals surface area contributed by atoms with Crippen molar-refractivity contribution in [3.05, 3.63) is 0 Å². The van der Waals surface area contributed by atoms with E-state index in [9.17, 15) is 8.42 Å². The highest BCUT2D eigenvalue weighted by Crippen LogP contribution is 2.00. The van der Waals surface area contributed by atoms with Crippen molar-refractivity contribution in [3.8, 4) is 6.07 Å². The smallest absolute Gasteiger partial charge is 0.216 e. The fraction of sp³-hybridized carbons (Fsp3) is 0.800. The van der Waals surface area contributed by atoms with Crippen molar-refractivity contribution in [1.82, 2.24) is 4.31 Å². The summed E-state index contributed by atoms with van der Waals surface area (Å²) in [4.78, 5) is 0. The molecule has 0 spiro atoms. The molecule has 0 bridgehead atoms. The number of nitrogens with two attached hydrogens (primary N) is 1. The Labute approximate surface area is 66.6 Å². The second-order valence-electron chi connectivity index (χ2n) is 2.34. The fourth-order valence-electron chi connectivity index (χ4n) is 0.636. The molecule has 0 saturated heterocycles. The number of hydrogen-bond acceptors (Lipinski definition) is 3. The molecule has 2 N–H and O–H groups in total. The summed E-state index contributed by atoms with van der Waals surface area (Å²) in [5.41, 5.74) is 0. The first-order valence-electron chi connectivity index (χ1n) is 3.06. The van der Waals surface area contributed by atoms with Crippen molar-refractivity contribution < 1.29 is 8.42 Å². The van der Waals surface area contributed by atoms with Gasteiger partial charge in [-0.25, -0.2) is 5.14 Å². The van der Waals surface area contributed by atoms with Gasteiger partial charge in [0.2, 0.25) is 0 Å². The molecule has 0 unspecified atom stereocenters. The van der Waals surface area contributed by atoms with Crippen LogP contribution in [0, 0.1) is 11.3 Å². The Hall–Kier alpha value is -0.640. The molecule has 0 aromatic carbocycles. The van der Waals surface area contributed by atoms with Crippen LogP contribution in [0.25, 0.3) is 0 Å². The zero-order valence-electron chi connectivity index (χ0n) is 6.48. The molecule has 0 radical (unpaired) electrons. The summed E-state index contributed by atoms with van der Waals surface area (Å²) < 4.78 is 22.4. The van der Waals surface area contributed by atoms with Crippen molar-refractivity contribution in [1.29, 1.82) is 5.26 Å². The lowest BCUT2D eigenvalue weighted by Gasteiger charge is -2.19. The van der Waals surface area contributed by atoms with Gasteiger partial charge < -0.3 is 0 Å². The van der Waals surface area contributed by atoms with Crippen molar-refractivity contribution in [3.63, 3.8) is 0 Å². The van der Waals surface area contributed by atoms with E-state index >= 15 is 0 Å². The van der Waals surface area contributed by atoms with Gasteiger partial charge in [-0.2, -0.15) is 18.0 Å². The van der Waals surface area contributed by atoms with Crippen molar-refractivity contribution >= 4 is 10.2 Å². The Kier molecular flexibility index (Phi) is 3.45. The van der Waals surface area contributed by atoms with Crippen LogP contribution in [0.15, 0.2) is 0 Å². The van der Waals surface area contributed by atoms with Gasteiger partial charge in [0.05, 0.1) is 6.07 Å². The van der Waals surface area contributed by atoms with E-state index < -0.39 is 10.2 Å². The van der Waals surface area contributed by atoms with Crippen LogP contribution in [0.5, 0.6) is 0 Å². The van der Waals surface area contributed by atoms with Crippen molar-refractivity contribution in [2.75, 3.05) is 6.54 Å². The lowest BCUT2D eigenvalue weighted by molar-refractivity contribution is 0.386. The van der Waals surface area contributed by atoms with Crippen LogP contribution >= 0.6 is 0 Å². The van der Waals surface area contributed by atoms with Gasteiger partial charge >= 0.3 is 0 Å². The van der Waals surface area contributed by atoms with Gasteiger partial charge in [0, 0.05) is 6.04 Å². The normalized spacial score (nSPS) is 12.0. The standard InChI is InChI=1S/C5H11N3O2S/c1-5(2)8(4-3-6)11(7,9)10/h5H,4H2,1-2H3,(H2,7,9,10). The lowest BCUT2D eigenvalue weighted by Crippen LogP contribution is -2.41. The Morgan fingerprint density at radius 2 is 2.09 bits per heavy atom. The average molecular weight is 177 g/mol. The van der Waals surface area contributed by atoms with Crippen LogP contribution in [0.3, 0.4) is 0 Å². The van der Waals surface area contributed by atoms with E-state index in [1.165, 1.54) is 0 Å². The Bertz CT molecular complexity index is 251. The number of hydrogen-bond donors (Lipinski definition) is 1. The first kappa shape index (κ1) is 10.4. The van der Waals surface area contributed by atoms with Gasteiger partial charge in [-0.1, -0.05) is 0 Å². The molecule has 0 aliphatic carbocycles. The predicted molar refractivity (Wildman–Crippen MR) is 40.6 cm³/mol. The highest BCUT2D eigenvalue weighted by molar-refractivity contribution is 7.86. The van der Waals surface area contributed by atoms with E-state index in [-0.39, 0.29) is 12.6 Å². The van der Waals surface area contributed by atoms with E-state index in [1.54, 1.807) is 19.9 Å². The van der Waals surface area contributed by atoms with Crippen LogP contribution < -0.4 is 5.14 Å². The average Bonchev–Trinajstić information content (AvgIpc) is 1.79. The molecule has 0 aromatic rings. The zero-order chi connectivity index (χ0) is 9.07. The van der Waals surface area contributed by atoms with Crippen LogP contribution in [0.2, 0.25) is 0 Å². The number of nitrogens with zero attached hydrogens (tertiary/aromatic N) is 2. The summed E-state index contributed by atoms with van der Waals surface area (Å²) in [6, 6.07) is 1.45. The highest BCUT2D eigenvalue weighted by atomic mass is 32.2. The van der Waals surface area contributed by atoms with E-state index in [1.807, 2.05) is 0 Å². The van der Waals surface area contributed by atoms with Gasteiger partial charge in [-0.15, -0.1) is 0 Å². The molecular formula is C5H11N3O2S. The maximum Gasteiger partial charge on any atom is 0.278 e. The molecule has 0 rings (SSSR count). The second-order valence-corrected chi connectivity index (χ2v) is 3.84. The third-order valence-electron chi connectivity index (χ3n) is 1.13. The Morgan fingerprint density at radius 3 is 2.18 bits per heavy atom. The largest absolute Gasteiger partial charge is 0.278 e. The van der Waals surface area contributed by atoms with Crippen LogP contribution in [-0.2, 0) is 10.2 Å². The molecule has 0 aromatic heterocycles. The maximum atomic E-state index is 10.7. The minimum Gasteiger partial charge on any atom is -0.216 e. The topological polar surface area (TPSA) is 87.2 Å². The maximum absolute atomic E-state index is 10.7. The molecule has 64 valence electrons. The molecule has 11 heavy (non-hydrogen) atoms. The quantitative estimate of drug-likeness (QED) is 0.585. The minimum absolute atomic E-state index is 0.198. The minimum atomic E-state index is -3.72. The summed E-state index contributed by atoms with van der Waals surface area (Å²) in [5.74, 6) is 0. The monoisotopic (exact) mass is 177 g/mol. The lowest BCUT2D eigenvalue weighted by atomic mass is 10.4. The molecule has 6 heteroatoms. The van der Waals surface area contributed by atoms with Crippen molar-refractivity contribution in [2.45, 2.75) is 19.9 Å². The summed E-state index contributed by atoms with van der Waals surface area (Å²) in [5, 5.41) is 13.1. The zero-order valence-corrected chi connectivity index (χ0v) is 7.30. The molecule has 0 aliphatic heterocycles. The third kappa shape index (κ3) is 3.32. The van der Waals surface area contributed by atoms with E-state index in [0.29, 0.717) is 0 Å². The van der Waals surface area contributed by atoms with Crippen LogP contribution in [0.1, 0.15) is 13.8 Å². The molecule has 5 nitrogen and oxygen atoms in total. The van der Waals surface area contributed by atoms with Crippen LogP contribution in [-0.4, -0.2) is 25.3 Å². The molecule has 0 saturated carbocycles. The second kappa shape index (κ2) is 3.67. The third-order valence-corrected chi connectivity index (χ3v) is 2.33. The van der Waals surface area contributed by atoms with E-state index in [2.05, 4.69) is 0 Å². The summed E-state index contributed by atoms with van der Waals surface area (Å²) >= 11 is 0. The highest BCUT2D eigenvalue weighted by Gasteiger charge is 2.19. The number of rotatable bonds is 3. The first-order valence-corrected chi connectivity index (χ1v) is 4.56. The summed E-state index contributed by atoms with van der Waals surface area (Å²) in [6.07, 6.45) is 0. The summed E-state index contributed by atoms with van der Waals surface area (Å²) in [6.45, 7) is 3.11. The van der Waals surface area contributed by atoms with Crippen LogP contribution in [0.4, 0.5) is 0 Å². The molecule has 0 atom stereocenters.